The van der Waals surface area contributed by atoms with Gasteiger partial charge in [0, 0.05) is 51.7 Å². The van der Waals surface area contributed by atoms with E-state index in [1.54, 1.807) is 42.0 Å². The van der Waals surface area contributed by atoms with Gasteiger partial charge in [-0.3, -0.25) is 14.4 Å². The number of carbonyl (C=O) groups excluding carboxylic acids is 3. The number of ether oxygens (including phenoxy) is 2. The van der Waals surface area contributed by atoms with E-state index in [9.17, 15) is 23.2 Å². The van der Waals surface area contributed by atoms with Gasteiger partial charge in [-0.25, -0.2) is 13.8 Å². The van der Waals surface area contributed by atoms with Gasteiger partial charge in [-0.05, 0) is 68.1 Å². The first kappa shape index (κ1) is 35.0. The molecule has 0 radical (unpaired) electrons. The van der Waals surface area contributed by atoms with Crippen molar-refractivity contribution in [2.24, 2.45) is 5.92 Å². The Morgan fingerprint density at radius 1 is 1.06 bits per heavy atom. The zero-order chi connectivity index (χ0) is 34.4. The molecule has 0 saturated carbocycles. The van der Waals surface area contributed by atoms with Crippen molar-refractivity contribution >= 4 is 17.7 Å². The number of amides is 3. The first-order valence-corrected chi connectivity index (χ1v) is 16.7. The topological polar surface area (TPSA) is 106 Å². The van der Waals surface area contributed by atoms with E-state index >= 15 is 0 Å². The first-order valence-electron chi connectivity index (χ1n) is 16.7. The van der Waals surface area contributed by atoms with Gasteiger partial charge in [0.15, 0.2) is 0 Å². The number of carbonyl (C=O) groups is 3. The molecule has 10 nitrogen and oxygen atoms in total. The fourth-order valence-corrected chi connectivity index (χ4v) is 6.25. The lowest BCUT2D eigenvalue weighted by Crippen LogP contribution is -2.57. The molecular formula is C36H45F2N5O5. The summed E-state index contributed by atoms with van der Waals surface area (Å²) in [5.74, 6) is -0.565. The molecule has 3 heterocycles. The Balaban J connectivity index is 1.43. The first-order chi connectivity index (χ1) is 23.1. The minimum atomic E-state index is -0.969. The summed E-state index contributed by atoms with van der Waals surface area (Å²) in [6.07, 6.45) is 3.93. The van der Waals surface area contributed by atoms with Gasteiger partial charge in [0.05, 0.1) is 18.7 Å². The summed E-state index contributed by atoms with van der Waals surface area (Å²) >= 11 is 0. The van der Waals surface area contributed by atoms with Crippen LogP contribution in [0.3, 0.4) is 0 Å². The van der Waals surface area contributed by atoms with Gasteiger partial charge in [0.2, 0.25) is 11.8 Å². The van der Waals surface area contributed by atoms with Crippen LogP contribution >= 0.6 is 0 Å². The Bertz CT molecular complexity index is 1540. The zero-order valence-corrected chi connectivity index (χ0v) is 28.0. The third-order valence-electron chi connectivity index (χ3n) is 9.42. The van der Waals surface area contributed by atoms with Crippen LogP contribution in [-0.2, 0) is 33.7 Å². The number of likely N-dealkylation sites (tertiary alicyclic amines) is 1. The highest BCUT2D eigenvalue weighted by Gasteiger charge is 2.42. The molecule has 3 amide bonds. The average Bonchev–Trinajstić information content (AvgIpc) is 3.81. The van der Waals surface area contributed by atoms with Gasteiger partial charge in [-0.15, -0.1) is 0 Å². The SMILES string of the molecule is CC[C@@H](C)C(=O)N[C@H](C(=O)N1C[C@@H](Oc2ccc(F)cc2)C[C@H]1CN(CCc1ccc(F)cc1)C(=O)c1cn2c(n1)CCC2)[C@@H](C)OC. The number of rotatable bonds is 14. The van der Waals surface area contributed by atoms with Crippen molar-refractivity contribution in [1.29, 1.82) is 0 Å². The monoisotopic (exact) mass is 665 g/mol. The van der Waals surface area contributed by atoms with E-state index in [1.807, 2.05) is 11.5 Å². The largest absolute Gasteiger partial charge is 0.489 e. The normalized spacial score (nSPS) is 19.0. The second-order valence-corrected chi connectivity index (χ2v) is 12.8. The molecule has 258 valence electrons. The molecule has 0 aliphatic carbocycles. The van der Waals surface area contributed by atoms with Crippen molar-refractivity contribution in [2.45, 2.75) is 83.7 Å². The zero-order valence-electron chi connectivity index (χ0n) is 28.0. The quantitative estimate of drug-likeness (QED) is 0.274. The maximum atomic E-state index is 14.3. The number of nitrogens with one attached hydrogen (secondary N) is 1. The van der Waals surface area contributed by atoms with Crippen LogP contribution in [0.25, 0.3) is 0 Å². The summed E-state index contributed by atoms with van der Waals surface area (Å²) < 4.78 is 41.0. The van der Waals surface area contributed by atoms with Gasteiger partial charge in [-0.1, -0.05) is 26.0 Å². The molecule has 1 N–H and O–H groups in total. The fourth-order valence-electron chi connectivity index (χ4n) is 6.25. The number of imidazole rings is 1. The number of hydrogen-bond donors (Lipinski definition) is 1. The van der Waals surface area contributed by atoms with Crippen molar-refractivity contribution in [2.75, 3.05) is 26.7 Å². The molecule has 5 rings (SSSR count). The highest BCUT2D eigenvalue weighted by atomic mass is 19.1. The number of aryl methyl sites for hydroxylation is 2. The minimum Gasteiger partial charge on any atom is -0.489 e. The molecule has 1 saturated heterocycles. The molecule has 0 bridgehead atoms. The Kier molecular flexibility index (Phi) is 11.5. The van der Waals surface area contributed by atoms with Crippen LogP contribution in [-0.4, -0.2) is 88.1 Å². The second-order valence-electron chi connectivity index (χ2n) is 12.8. The number of methoxy groups -OCH3 is 1. The standard InChI is InChI=1S/C36H45F2N5O5/c1-5-23(2)34(44)40-33(24(3)47-4)36(46)43-21-30(48-29-14-12-27(38)13-15-29)19-28(43)20-42(18-16-25-8-10-26(37)11-9-25)35(45)31-22-41-17-6-7-32(41)39-31/h8-15,22-24,28,30,33H,5-7,16-21H2,1-4H3,(H,40,44)/t23-,24-,28+,30+,33+/m1/s1. The van der Waals surface area contributed by atoms with Crippen LogP contribution < -0.4 is 10.1 Å². The third kappa shape index (κ3) is 8.39. The van der Waals surface area contributed by atoms with Crippen LogP contribution in [0.5, 0.6) is 5.75 Å². The second kappa shape index (κ2) is 15.7. The Morgan fingerprint density at radius 2 is 1.75 bits per heavy atom. The molecule has 3 aromatic rings. The minimum absolute atomic E-state index is 0.171. The van der Waals surface area contributed by atoms with Crippen LogP contribution in [0.1, 0.15) is 61.9 Å². The molecule has 12 heteroatoms. The third-order valence-corrected chi connectivity index (χ3v) is 9.42. The number of benzene rings is 2. The van der Waals surface area contributed by atoms with Crippen molar-refractivity contribution in [3.05, 3.63) is 83.4 Å². The summed E-state index contributed by atoms with van der Waals surface area (Å²) in [5, 5.41) is 2.90. The van der Waals surface area contributed by atoms with Crippen LogP contribution in [0, 0.1) is 17.6 Å². The van der Waals surface area contributed by atoms with E-state index < -0.39 is 30.1 Å². The van der Waals surface area contributed by atoms with Crippen molar-refractivity contribution in [3.63, 3.8) is 0 Å². The average molecular weight is 666 g/mol. The lowest BCUT2D eigenvalue weighted by Gasteiger charge is -2.34. The Hall–Kier alpha value is -4.32. The lowest BCUT2D eigenvalue weighted by atomic mass is 10.1. The summed E-state index contributed by atoms with van der Waals surface area (Å²) in [7, 11) is 1.49. The molecule has 0 spiro atoms. The van der Waals surface area contributed by atoms with Crippen molar-refractivity contribution in [1.82, 2.24) is 24.7 Å². The molecular weight excluding hydrogens is 620 g/mol. The lowest BCUT2D eigenvalue weighted by molar-refractivity contribution is -0.142. The maximum absolute atomic E-state index is 14.3. The Labute approximate surface area is 280 Å². The van der Waals surface area contributed by atoms with Crippen molar-refractivity contribution < 1.29 is 32.6 Å². The fraction of sp³-hybridized carbons (Fsp3) is 0.500. The predicted octanol–water partition coefficient (Wildman–Crippen LogP) is 4.41. The van der Waals surface area contributed by atoms with E-state index in [2.05, 4.69) is 10.3 Å². The van der Waals surface area contributed by atoms with E-state index in [-0.39, 0.29) is 42.5 Å². The summed E-state index contributed by atoms with van der Waals surface area (Å²) in [4.78, 5) is 49.4. The molecule has 1 fully saturated rings. The molecule has 2 aliphatic rings. The molecule has 1 aromatic heterocycles. The van der Waals surface area contributed by atoms with Gasteiger partial charge < -0.3 is 29.2 Å². The van der Waals surface area contributed by atoms with Crippen LogP contribution in [0.2, 0.25) is 0 Å². The summed E-state index contributed by atoms with van der Waals surface area (Å²) in [6.45, 7) is 6.90. The summed E-state index contributed by atoms with van der Waals surface area (Å²) in [5.41, 5.74) is 1.20. The predicted molar refractivity (Wildman–Crippen MR) is 175 cm³/mol. The highest BCUT2D eigenvalue weighted by molar-refractivity contribution is 5.92. The molecule has 2 aromatic carbocycles. The molecule has 0 unspecified atom stereocenters. The molecule has 2 aliphatic heterocycles. The van der Waals surface area contributed by atoms with Gasteiger partial charge >= 0.3 is 0 Å². The van der Waals surface area contributed by atoms with Crippen LogP contribution in [0.4, 0.5) is 8.78 Å². The number of hydrogen-bond acceptors (Lipinski definition) is 6. The number of halogens is 2. The maximum Gasteiger partial charge on any atom is 0.274 e. The van der Waals surface area contributed by atoms with Gasteiger partial charge in [0.25, 0.3) is 5.91 Å². The summed E-state index contributed by atoms with van der Waals surface area (Å²) in [6, 6.07) is 10.4. The van der Waals surface area contributed by atoms with E-state index in [0.717, 1.165) is 30.8 Å². The number of nitrogens with zero attached hydrogens (tertiary/aromatic N) is 4. The van der Waals surface area contributed by atoms with E-state index in [0.29, 0.717) is 37.3 Å². The molecule has 48 heavy (non-hydrogen) atoms. The van der Waals surface area contributed by atoms with Gasteiger partial charge in [-0.2, -0.15) is 0 Å². The Morgan fingerprint density at radius 3 is 2.40 bits per heavy atom. The van der Waals surface area contributed by atoms with Gasteiger partial charge in [0.1, 0.15) is 41.0 Å². The highest BCUT2D eigenvalue weighted by Crippen LogP contribution is 2.27. The number of aromatic nitrogens is 2. The van der Waals surface area contributed by atoms with Crippen LogP contribution in [0.15, 0.2) is 54.7 Å². The van der Waals surface area contributed by atoms with E-state index in [4.69, 9.17) is 9.47 Å². The number of fused-ring (bicyclic) bond motifs is 1. The van der Waals surface area contributed by atoms with Crippen molar-refractivity contribution in [3.8, 4) is 5.75 Å². The van der Waals surface area contributed by atoms with E-state index in [1.165, 1.54) is 43.5 Å². The molecule has 5 atom stereocenters. The smallest absolute Gasteiger partial charge is 0.274 e.